The van der Waals surface area contributed by atoms with E-state index in [9.17, 15) is 9.18 Å². The van der Waals surface area contributed by atoms with Crippen LogP contribution in [0.2, 0.25) is 5.02 Å². The topological polar surface area (TPSA) is 54.9 Å². The first-order chi connectivity index (χ1) is 12.6. The maximum atomic E-state index is 13.4. The van der Waals surface area contributed by atoms with E-state index in [1.54, 1.807) is 24.7 Å². The van der Waals surface area contributed by atoms with E-state index >= 15 is 0 Å². The number of rotatable bonds is 6. The number of nitrogens with one attached hydrogen (secondary N) is 1. The molecule has 6 heteroatoms. The van der Waals surface area contributed by atoms with Crippen molar-refractivity contribution in [2.75, 3.05) is 0 Å². The van der Waals surface area contributed by atoms with Crippen LogP contribution in [0.5, 0.6) is 0 Å². The molecule has 0 fully saturated rings. The normalized spacial score (nSPS) is 10.5. The largest absolute Gasteiger partial charge is 0.352 e. The fraction of sp³-hybridized carbons (Fsp3) is 0.150. The van der Waals surface area contributed by atoms with Gasteiger partial charge in [-0.05, 0) is 53.9 Å². The monoisotopic (exact) mass is 369 g/mol. The Bertz CT molecular complexity index is 903. The molecule has 3 aromatic rings. The van der Waals surface area contributed by atoms with Crippen LogP contribution in [-0.2, 0) is 17.8 Å². The second-order valence-corrected chi connectivity index (χ2v) is 6.22. The molecule has 0 unspecified atom stereocenters. The van der Waals surface area contributed by atoms with Crippen LogP contribution in [0.15, 0.2) is 61.1 Å². The third-order valence-electron chi connectivity index (χ3n) is 3.91. The van der Waals surface area contributed by atoms with Gasteiger partial charge in [-0.25, -0.2) is 4.39 Å². The van der Waals surface area contributed by atoms with Gasteiger partial charge in [0.15, 0.2) is 0 Å². The van der Waals surface area contributed by atoms with Crippen molar-refractivity contribution in [3.8, 4) is 11.3 Å². The van der Waals surface area contributed by atoms with E-state index in [2.05, 4.69) is 15.3 Å². The standard InChI is InChI=1S/C20H17ClFN3O/c21-17-3-1-14(11-18(17)22)2-4-20(26)25-13-15-5-10-24-19(12-15)16-6-8-23-9-7-16/h1,3,5-12H,2,4,13H2,(H,25,26). The third-order valence-corrected chi connectivity index (χ3v) is 4.22. The van der Waals surface area contributed by atoms with Crippen LogP contribution >= 0.6 is 11.6 Å². The van der Waals surface area contributed by atoms with Crippen LogP contribution in [0.25, 0.3) is 11.3 Å². The third kappa shape index (κ3) is 4.86. The molecule has 0 atom stereocenters. The van der Waals surface area contributed by atoms with E-state index in [0.717, 1.165) is 22.4 Å². The zero-order chi connectivity index (χ0) is 18.4. The Labute approximate surface area is 156 Å². The molecule has 1 aromatic carbocycles. The zero-order valence-corrected chi connectivity index (χ0v) is 14.7. The molecule has 1 amide bonds. The summed E-state index contributed by atoms with van der Waals surface area (Å²) in [5.41, 5.74) is 3.50. The molecule has 0 bridgehead atoms. The van der Waals surface area contributed by atoms with Gasteiger partial charge in [-0.2, -0.15) is 0 Å². The summed E-state index contributed by atoms with van der Waals surface area (Å²) < 4.78 is 13.4. The summed E-state index contributed by atoms with van der Waals surface area (Å²) >= 11 is 5.66. The summed E-state index contributed by atoms with van der Waals surface area (Å²) in [7, 11) is 0. The average Bonchev–Trinajstić information content (AvgIpc) is 2.68. The molecule has 0 spiro atoms. The molecule has 0 aliphatic rings. The SMILES string of the molecule is O=C(CCc1ccc(Cl)c(F)c1)NCc1ccnc(-c2ccncc2)c1. The smallest absolute Gasteiger partial charge is 0.220 e. The van der Waals surface area contributed by atoms with Gasteiger partial charge in [-0.3, -0.25) is 14.8 Å². The minimum atomic E-state index is -0.468. The van der Waals surface area contributed by atoms with Crippen LogP contribution < -0.4 is 5.32 Å². The molecule has 1 N–H and O–H groups in total. The van der Waals surface area contributed by atoms with E-state index in [1.807, 2.05) is 24.3 Å². The molecule has 0 saturated heterocycles. The lowest BCUT2D eigenvalue weighted by Gasteiger charge is -2.07. The predicted octanol–water partition coefficient (Wildman–Crippen LogP) is 4.19. The Morgan fingerprint density at radius 1 is 1.04 bits per heavy atom. The van der Waals surface area contributed by atoms with Crippen molar-refractivity contribution in [2.24, 2.45) is 0 Å². The number of hydrogen-bond donors (Lipinski definition) is 1. The molecule has 4 nitrogen and oxygen atoms in total. The molecule has 0 radical (unpaired) electrons. The second-order valence-electron chi connectivity index (χ2n) is 5.81. The highest BCUT2D eigenvalue weighted by molar-refractivity contribution is 6.30. The Balaban J connectivity index is 1.54. The van der Waals surface area contributed by atoms with Crippen LogP contribution in [-0.4, -0.2) is 15.9 Å². The fourth-order valence-corrected chi connectivity index (χ4v) is 2.62. The van der Waals surface area contributed by atoms with Crippen LogP contribution in [0, 0.1) is 5.82 Å². The number of halogens is 2. The van der Waals surface area contributed by atoms with Crippen molar-refractivity contribution in [1.82, 2.24) is 15.3 Å². The number of pyridine rings is 2. The van der Waals surface area contributed by atoms with Gasteiger partial charge in [0.25, 0.3) is 0 Å². The maximum absolute atomic E-state index is 13.4. The van der Waals surface area contributed by atoms with Gasteiger partial charge in [-0.1, -0.05) is 17.7 Å². The maximum Gasteiger partial charge on any atom is 0.220 e. The number of amides is 1. The summed E-state index contributed by atoms with van der Waals surface area (Å²) in [6.07, 6.45) is 5.88. The van der Waals surface area contributed by atoms with E-state index in [4.69, 9.17) is 11.6 Å². The molecule has 0 aliphatic carbocycles. The molecular weight excluding hydrogens is 353 g/mol. The summed E-state index contributed by atoms with van der Waals surface area (Å²) in [6.45, 7) is 0.411. The van der Waals surface area contributed by atoms with Crippen LogP contribution in [0.1, 0.15) is 17.5 Å². The van der Waals surface area contributed by atoms with Crippen molar-refractivity contribution in [3.63, 3.8) is 0 Å². The minimum absolute atomic E-state index is 0.0842. The second kappa shape index (κ2) is 8.54. The molecule has 0 aliphatic heterocycles. The van der Waals surface area contributed by atoms with Gasteiger partial charge in [0.1, 0.15) is 5.82 Å². The Kier molecular flexibility index (Phi) is 5.92. The highest BCUT2D eigenvalue weighted by atomic mass is 35.5. The number of aromatic nitrogens is 2. The lowest BCUT2D eigenvalue weighted by Crippen LogP contribution is -2.23. The predicted molar refractivity (Wildman–Crippen MR) is 99.0 cm³/mol. The first-order valence-electron chi connectivity index (χ1n) is 8.18. The summed E-state index contributed by atoms with van der Waals surface area (Å²) in [4.78, 5) is 20.4. The van der Waals surface area contributed by atoms with Gasteiger partial charge in [-0.15, -0.1) is 0 Å². The van der Waals surface area contributed by atoms with Crippen molar-refractivity contribution >= 4 is 17.5 Å². The highest BCUT2D eigenvalue weighted by Gasteiger charge is 2.06. The molecule has 0 saturated carbocycles. The van der Waals surface area contributed by atoms with E-state index < -0.39 is 5.82 Å². The lowest BCUT2D eigenvalue weighted by atomic mass is 10.1. The molecule has 2 aromatic heterocycles. The zero-order valence-electron chi connectivity index (χ0n) is 14.0. The first-order valence-corrected chi connectivity index (χ1v) is 8.55. The Morgan fingerprint density at radius 3 is 2.62 bits per heavy atom. The van der Waals surface area contributed by atoms with Crippen molar-refractivity contribution in [1.29, 1.82) is 0 Å². The number of aryl methyl sites for hydroxylation is 1. The molecule has 2 heterocycles. The summed E-state index contributed by atoms with van der Waals surface area (Å²) in [5, 5.41) is 2.96. The molecule has 26 heavy (non-hydrogen) atoms. The van der Waals surface area contributed by atoms with Crippen LogP contribution in [0.3, 0.4) is 0 Å². The van der Waals surface area contributed by atoms with Crippen molar-refractivity contribution < 1.29 is 9.18 Å². The molecular formula is C20H17ClFN3O. The quantitative estimate of drug-likeness (QED) is 0.709. The Hall–Kier alpha value is -2.79. The van der Waals surface area contributed by atoms with Crippen LogP contribution in [0.4, 0.5) is 4.39 Å². The number of hydrogen-bond acceptors (Lipinski definition) is 3. The van der Waals surface area contributed by atoms with Gasteiger partial charge in [0, 0.05) is 37.1 Å². The number of carbonyl (C=O) groups is 1. The summed E-state index contributed by atoms with van der Waals surface area (Å²) in [6, 6.07) is 12.2. The Morgan fingerprint density at radius 2 is 1.85 bits per heavy atom. The number of nitrogens with zero attached hydrogens (tertiary/aromatic N) is 2. The average molecular weight is 370 g/mol. The highest BCUT2D eigenvalue weighted by Crippen LogP contribution is 2.17. The van der Waals surface area contributed by atoms with Gasteiger partial charge in [0.05, 0.1) is 10.7 Å². The van der Waals surface area contributed by atoms with Crippen molar-refractivity contribution in [2.45, 2.75) is 19.4 Å². The van der Waals surface area contributed by atoms with E-state index in [-0.39, 0.29) is 17.4 Å². The van der Waals surface area contributed by atoms with Gasteiger partial charge < -0.3 is 5.32 Å². The fourth-order valence-electron chi connectivity index (χ4n) is 2.51. The first kappa shape index (κ1) is 18.0. The van der Waals surface area contributed by atoms with Crippen molar-refractivity contribution in [3.05, 3.63) is 83.0 Å². The summed E-state index contributed by atoms with van der Waals surface area (Å²) in [5.74, 6) is -0.562. The number of carbonyl (C=O) groups excluding carboxylic acids is 1. The van der Waals surface area contributed by atoms with E-state index in [1.165, 1.54) is 12.1 Å². The van der Waals surface area contributed by atoms with Gasteiger partial charge >= 0.3 is 0 Å². The minimum Gasteiger partial charge on any atom is -0.352 e. The lowest BCUT2D eigenvalue weighted by molar-refractivity contribution is -0.121. The van der Waals surface area contributed by atoms with E-state index in [0.29, 0.717) is 13.0 Å². The van der Waals surface area contributed by atoms with Gasteiger partial charge in [0.2, 0.25) is 5.91 Å². The molecule has 3 rings (SSSR count). The molecule has 132 valence electrons. The number of benzene rings is 1.